The molecule has 2 nitrogen and oxygen atoms in total. The summed E-state index contributed by atoms with van der Waals surface area (Å²) >= 11 is 0. The minimum Gasteiger partial charge on any atom is -0.457 e. The predicted octanol–water partition coefficient (Wildman–Crippen LogP) is 13.8. The van der Waals surface area contributed by atoms with E-state index in [1.54, 1.807) is 0 Å². The zero-order valence-electron chi connectivity index (χ0n) is 30.2. The standard InChI is InChI=1S/C51H37NOS/c1-54(2)48-26-13-7-17-38(48)39-32-31-37(33-49(39)54)52(36-29-27-35(28-30-36)34-15-4-3-5-16-34)45-23-14-22-44-50(45)40-18-6-8-19-41(40)51(44)42-20-9-11-24-46(42)53-47-25-12-10-21-43(47)51/h3-33H,1-2H3. The number of nitrogens with zero attached hydrogens (tertiary/aromatic N) is 1. The Morgan fingerprint density at radius 3 is 1.72 bits per heavy atom. The molecule has 3 aliphatic rings. The van der Waals surface area contributed by atoms with Gasteiger partial charge in [-0.05, 0) is 100.0 Å². The van der Waals surface area contributed by atoms with Gasteiger partial charge in [-0.25, -0.2) is 0 Å². The number of hydrogen-bond donors (Lipinski definition) is 0. The van der Waals surface area contributed by atoms with Crippen molar-refractivity contribution in [1.82, 2.24) is 0 Å². The van der Waals surface area contributed by atoms with Crippen molar-refractivity contribution < 1.29 is 4.74 Å². The van der Waals surface area contributed by atoms with Crippen LogP contribution in [-0.2, 0) is 5.41 Å². The summed E-state index contributed by atoms with van der Waals surface area (Å²) in [6.07, 6.45) is 4.89. The van der Waals surface area contributed by atoms with Gasteiger partial charge in [-0.3, -0.25) is 0 Å². The third kappa shape index (κ3) is 4.25. The monoisotopic (exact) mass is 711 g/mol. The van der Waals surface area contributed by atoms with Crippen molar-refractivity contribution >= 4 is 27.1 Å². The fourth-order valence-electron chi connectivity index (χ4n) is 9.48. The van der Waals surface area contributed by atoms with Gasteiger partial charge in [0.1, 0.15) is 11.5 Å². The molecule has 8 aromatic carbocycles. The van der Waals surface area contributed by atoms with Crippen molar-refractivity contribution in [2.45, 2.75) is 15.2 Å². The van der Waals surface area contributed by atoms with Gasteiger partial charge >= 0.3 is 0 Å². The molecule has 2 heterocycles. The summed E-state index contributed by atoms with van der Waals surface area (Å²) in [5.41, 5.74) is 15.4. The first kappa shape index (κ1) is 31.3. The summed E-state index contributed by atoms with van der Waals surface area (Å²) in [6, 6.07) is 69.0. The minimum atomic E-state index is -1.22. The molecule has 0 bridgehead atoms. The van der Waals surface area contributed by atoms with Gasteiger partial charge in [-0.1, -0.05) is 140 Å². The molecular weight excluding hydrogens is 675 g/mol. The van der Waals surface area contributed by atoms with E-state index < -0.39 is 15.4 Å². The second kappa shape index (κ2) is 11.6. The van der Waals surface area contributed by atoms with Gasteiger partial charge in [0, 0.05) is 37.9 Å². The van der Waals surface area contributed by atoms with Crippen molar-refractivity contribution in [1.29, 1.82) is 0 Å². The van der Waals surface area contributed by atoms with Crippen LogP contribution in [-0.4, -0.2) is 12.5 Å². The lowest BCUT2D eigenvalue weighted by Crippen LogP contribution is -2.32. The molecule has 0 aromatic heterocycles. The van der Waals surface area contributed by atoms with Gasteiger partial charge in [0.25, 0.3) is 0 Å². The van der Waals surface area contributed by atoms with Gasteiger partial charge in [0.05, 0.1) is 11.1 Å². The summed E-state index contributed by atoms with van der Waals surface area (Å²) in [5, 5.41) is 0. The van der Waals surface area contributed by atoms with E-state index in [2.05, 4.69) is 205 Å². The molecule has 1 aliphatic carbocycles. The number of fused-ring (bicyclic) bond motifs is 12. The van der Waals surface area contributed by atoms with Gasteiger partial charge in [0.2, 0.25) is 0 Å². The lowest BCUT2D eigenvalue weighted by molar-refractivity contribution is 0.436. The summed E-state index contributed by atoms with van der Waals surface area (Å²) in [6.45, 7) is 0. The van der Waals surface area contributed by atoms with Gasteiger partial charge < -0.3 is 9.64 Å². The first-order chi connectivity index (χ1) is 26.5. The third-order valence-electron chi connectivity index (χ3n) is 11.8. The van der Waals surface area contributed by atoms with E-state index in [0.29, 0.717) is 0 Å². The van der Waals surface area contributed by atoms with Crippen LogP contribution in [0.5, 0.6) is 11.5 Å². The molecular formula is C51H37NOS. The van der Waals surface area contributed by atoms with Crippen molar-refractivity contribution in [3.05, 3.63) is 210 Å². The number of hydrogen-bond acceptors (Lipinski definition) is 2. The van der Waals surface area contributed by atoms with Crippen LogP contribution in [0.15, 0.2) is 198 Å². The first-order valence-corrected chi connectivity index (χ1v) is 21.0. The molecule has 0 fully saturated rings. The Bertz CT molecular complexity index is 2740. The average Bonchev–Trinajstić information content (AvgIpc) is 3.65. The topological polar surface area (TPSA) is 12.5 Å². The van der Waals surface area contributed by atoms with E-state index in [1.807, 2.05) is 0 Å². The van der Waals surface area contributed by atoms with Gasteiger partial charge in [0.15, 0.2) is 0 Å². The molecule has 0 saturated heterocycles. The van der Waals surface area contributed by atoms with E-state index >= 15 is 0 Å². The Balaban J connectivity index is 1.19. The lowest BCUT2D eigenvalue weighted by atomic mass is 9.66. The molecule has 0 radical (unpaired) electrons. The molecule has 0 atom stereocenters. The molecule has 1 spiro atoms. The summed E-state index contributed by atoms with van der Waals surface area (Å²) < 4.78 is 6.64. The molecule has 8 aromatic rings. The molecule has 54 heavy (non-hydrogen) atoms. The average molecular weight is 712 g/mol. The van der Waals surface area contributed by atoms with Crippen LogP contribution in [0.25, 0.3) is 33.4 Å². The van der Waals surface area contributed by atoms with Crippen molar-refractivity contribution in [3.8, 4) is 44.9 Å². The second-order valence-corrected chi connectivity index (χ2v) is 18.4. The Hall–Kier alpha value is -6.29. The molecule has 0 unspecified atom stereocenters. The molecule has 258 valence electrons. The molecule has 0 N–H and O–H groups in total. The minimum absolute atomic E-state index is 0.540. The Kier molecular flexibility index (Phi) is 6.72. The molecule has 11 rings (SSSR count). The number of rotatable bonds is 4. The van der Waals surface area contributed by atoms with Crippen LogP contribution in [0.2, 0.25) is 0 Å². The second-order valence-electron chi connectivity index (χ2n) is 14.8. The Labute approximate surface area is 318 Å². The number of ether oxygens (including phenoxy) is 1. The normalized spacial score (nSPS) is 15.1. The highest BCUT2D eigenvalue weighted by atomic mass is 32.3. The highest BCUT2D eigenvalue weighted by molar-refractivity contribution is 8.33. The zero-order chi connectivity index (χ0) is 36.0. The van der Waals surface area contributed by atoms with E-state index in [-0.39, 0.29) is 0 Å². The van der Waals surface area contributed by atoms with Crippen LogP contribution in [0.3, 0.4) is 0 Å². The fourth-order valence-corrected chi connectivity index (χ4v) is 12.0. The molecule has 3 heteroatoms. The SMILES string of the molecule is CS1(C)c2ccccc2-c2ccc(N(c3ccc(-c4ccccc4)cc3)c3cccc4c3-c3ccccc3C43c4ccccc4Oc4ccccc43)cc21. The van der Waals surface area contributed by atoms with E-state index in [1.165, 1.54) is 65.4 Å². The maximum Gasteiger partial charge on any atom is 0.132 e. The van der Waals surface area contributed by atoms with Crippen LogP contribution in [0.1, 0.15) is 22.3 Å². The fraction of sp³-hybridized carbons (Fsp3) is 0.0588. The predicted molar refractivity (Wildman–Crippen MR) is 225 cm³/mol. The number of benzene rings is 8. The lowest BCUT2D eigenvalue weighted by Gasteiger charge is -2.39. The first-order valence-electron chi connectivity index (χ1n) is 18.6. The maximum absolute atomic E-state index is 6.64. The Morgan fingerprint density at radius 1 is 0.426 bits per heavy atom. The molecule has 2 aliphatic heterocycles. The van der Waals surface area contributed by atoms with Gasteiger partial charge in [-0.2, -0.15) is 10.0 Å². The number of para-hydroxylation sites is 2. The van der Waals surface area contributed by atoms with E-state index in [9.17, 15) is 0 Å². The van der Waals surface area contributed by atoms with Gasteiger partial charge in [-0.15, -0.1) is 0 Å². The zero-order valence-corrected chi connectivity index (χ0v) is 31.0. The third-order valence-corrected chi connectivity index (χ3v) is 14.7. The highest BCUT2D eigenvalue weighted by Crippen LogP contribution is 2.68. The van der Waals surface area contributed by atoms with Crippen LogP contribution in [0, 0.1) is 0 Å². The van der Waals surface area contributed by atoms with Crippen molar-refractivity contribution in [2.24, 2.45) is 0 Å². The largest absolute Gasteiger partial charge is 0.457 e. The van der Waals surface area contributed by atoms with Crippen LogP contribution < -0.4 is 9.64 Å². The van der Waals surface area contributed by atoms with Crippen LogP contribution in [0.4, 0.5) is 17.1 Å². The maximum atomic E-state index is 6.64. The quantitative estimate of drug-likeness (QED) is 0.180. The molecule has 0 saturated carbocycles. The van der Waals surface area contributed by atoms with Crippen molar-refractivity contribution in [2.75, 3.05) is 17.4 Å². The molecule has 0 amide bonds. The smallest absolute Gasteiger partial charge is 0.132 e. The van der Waals surface area contributed by atoms with Crippen LogP contribution >= 0.6 is 10.0 Å². The van der Waals surface area contributed by atoms with Crippen molar-refractivity contribution in [3.63, 3.8) is 0 Å². The summed E-state index contributed by atoms with van der Waals surface area (Å²) in [5.74, 6) is 1.81. The van der Waals surface area contributed by atoms with E-state index in [4.69, 9.17) is 4.74 Å². The highest BCUT2D eigenvalue weighted by Gasteiger charge is 2.52. The summed E-state index contributed by atoms with van der Waals surface area (Å²) in [4.78, 5) is 5.40. The van der Waals surface area contributed by atoms with E-state index in [0.717, 1.165) is 28.6 Å². The summed E-state index contributed by atoms with van der Waals surface area (Å²) in [7, 11) is -1.22. The number of anilines is 3. The Morgan fingerprint density at radius 2 is 0.981 bits per heavy atom.